The molecule has 1 aliphatic carbocycles. The molecule has 58 heavy (non-hydrogen) atoms. The monoisotopic (exact) mass is 907 g/mol. The highest BCUT2D eigenvalue weighted by Gasteiger charge is 2.99. The van der Waals surface area contributed by atoms with Crippen LogP contribution >= 0.6 is 0 Å². The third kappa shape index (κ3) is 7.72. The van der Waals surface area contributed by atoms with Crippen LogP contribution in [-0.2, 0) is 4.74 Å². The minimum absolute atomic E-state index is 0.165. The zero-order valence-corrected chi connectivity index (χ0v) is 27.6. The van der Waals surface area contributed by atoms with E-state index in [9.17, 15) is 120 Å². The molecule has 0 atom stereocenters. The van der Waals surface area contributed by atoms with Crippen LogP contribution in [0.5, 0.6) is 5.75 Å². The number of carbonyl (C=O) groups is 1. The van der Waals surface area contributed by atoms with Crippen LogP contribution in [0.1, 0.15) is 56.4 Å². The van der Waals surface area contributed by atoms with E-state index in [0.717, 1.165) is 31.4 Å². The lowest BCUT2D eigenvalue weighted by Gasteiger charge is -2.45. The first kappa shape index (κ1) is 50.4. The van der Waals surface area contributed by atoms with Crippen molar-refractivity contribution in [3.63, 3.8) is 0 Å². The van der Waals surface area contributed by atoms with Crippen molar-refractivity contribution in [1.29, 1.82) is 0 Å². The fourth-order valence-corrected chi connectivity index (χ4v) is 5.12. The summed E-state index contributed by atoms with van der Waals surface area (Å²) in [6.07, 6.45) is -4.78. The number of nitrogens with zero attached hydrogens (tertiary/aromatic N) is 1. The van der Waals surface area contributed by atoms with Gasteiger partial charge in [-0.3, -0.25) is 10.1 Å². The Bertz CT molecular complexity index is 1640. The van der Waals surface area contributed by atoms with Crippen molar-refractivity contribution >= 4 is 11.8 Å². The molecule has 2 rings (SSSR count). The van der Waals surface area contributed by atoms with Gasteiger partial charge in [-0.2, -0.15) is 96.6 Å². The Morgan fingerprint density at radius 3 is 1.34 bits per heavy atom. The molecule has 0 bridgehead atoms. The van der Waals surface area contributed by atoms with Crippen LogP contribution in [0, 0.1) is 10.1 Å². The summed E-state index contributed by atoms with van der Waals surface area (Å²) >= 11 is 0. The molecule has 0 amide bonds. The molecule has 1 fully saturated rings. The van der Waals surface area contributed by atoms with Gasteiger partial charge in [0, 0.05) is 6.07 Å². The average Bonchev–Trinajstić information content (AvgIpc) is 3.06. The van der Waals surface area contributed by atoms with Gasteiger partial charge in [0.2, 0.25) is 5.75 Å². The zero-order chi connectivity index (χ0) is 45.7. The SMILES string of the molecule is O=C(OCC(F)(F)C(F)(F)C(F)(F)C(F)(F)C(F)(F)C(F)(F)C(F)(F)C(F)(F)C(F)(F)C(F)(F)C(F)(F)C(F)F)Oc1cc(C2CCCCCCC2)ccc1[N+](=O)[O-]. The van der Waals surface area contributed by atoms with Crippen molar-refractivity contribution in [2.45, 2.75) is 122 Å². The predicted molar refractivity (Wildman–Crippen MR) is 141 cm³/mol. The minimum atomic E-state index is -9.62. The Hall–Kier alpha value is -3.79. The van der Waals surface area contributed by atoms with Crippen LogP contribution < -0.4 is 4.74 Å². The Balaban J connectivity index is 2.48. The van der Waals surface area contributed by atoms with E-state index < -0.39 is 107 Å². The van der Waals surface area contributed by atoms with Crippen molar-refractivity contribution in [3.8, 4) is 5.75 Å². The molecule has 1 aromatic rings. The molecule has 0 spiro atoms. The van der Waals surface area contributed by atoms with E-state index in [0.29, 0.717) is 31.7 Å². The van der Waals surface area contributed by atoms with Crippen LogP contribution in [0.25, 0.3) is 0 Å². The topological polar surface area (TPSA) is 78.7 Å². The van der Waals surface area contributed by atoms with Crippen LogP contribution in [0.15, 0.2) is 18.2 Å². The number of ether oxygens (including phenoxy) is 2. The summed E-state index contributed by atoms with van der Waals surface area (Å²) in [6.45, 7) is -3.81. The molecule has 0 unspecified atom stereocenters. The number of nitro groups is 1. The van der Waals surface area contributed by atoms with Crippen molar-refractivity contribution in [2.24, 2.45) is 0 Å². The third-order valence-electron chi connectivity index (χ3n) is 8.63. The number of carbonyl (C=O) groups excluding carboxylic acids is 1. The molecule has 6 nitrogen and oxygen atoms in total. The van der Waals surface area contributed by atoms with Gasteiger partial charge in [0.1, 0.15) is 0 Å². The van der Waals surface area contributed by atoms with Gasteiger partial charge in [0.25, 0.3) is 0 Å². The van der Waals surface area contributed by atoms with Gasteiger partial charge in [0.15, 0.2) is 6.61 Å². The first-order chi connectivity index (χ1) is 25.7. The molecular weight excluding hydrogens is 886 g/mol. The number of hydrogen-bond acceptors (Lipinski definition) is 5. The highest BCUT2D eigenvalue weighted by Crippen LogP contribution is 2.67. The Morgan fingerprint density at radius 2 is 0.966 bits per heavy atom. The average molecular weight is 907 g/mol. The highest BCUT2D eigenvalue weighted by molar-refractivity contribution is 5.67. The molecule has 0 N–H and O–H groups in total. The maximum absolute atomic E-state index is 14.3. The van der Waals surface area contributed by atoms with E-state index in [1.165, 1.54) is 0 Å². The van der Waals surface area contributed by atoms with Crippen molar-refractivity contribution in [1.82, 2.24) is 0 Å². The number of nitro benzene ring substituents is 1. The molecule has 1 saturated carbocycles. The molecule has 0 aliphatic heterocycles. The second-order valence-electron chi connectivity index (χ2n) is 12.5. The zero-order valence-electron chi connectivity index (χ0n) is 27.6. The summed E-state index contributed by atoms with van der Waals surface area (Å²) in [5.41, 5.74) is -1.04. The summed E-state index contributed by atoms with van der Waals surface area (Å²) in [5.74, 6) is -100. The second-order valence-corrected chi connectivity index (χ2v) is 12.5. The van der Waals surface area contributed by atoms with Crippen LogP contribution in [0.3, 0.4) is 0 Å². The van der Waals surface area contributed by atoms with Crippen molar-refractivity contribution in [2.75, 3.05) is 6.61 Å². The summed E-state index contributed by atoms with van der Waals surface area (Å²) in [4.78, 5) is 22.0. The molecule has 0 aromatic heterocycles. The maximum Gasteiger partial charge on any atom is 0.514 e. The van der Waals surface area contributed by atoms with E-state index in [4.69, 9.17) is 0 Å². The van der Waals surface area contributed by atoms with Gasteiger partial charge in [0.05, 0.1) is 4.92 Å². The van der Waals surface area contributed by atoms with Crippen LogP contribution in [0.4, 0.5) is 116 Å². The summed E-state index contributed by atoms with van der Waals surface area (Å²) < 4.78 is 337. The lowest BCUT2D eigenvalue weighted by Crippen LogP contribution is -2.78. The fourth-order valence-electron chi connectivity index (χ4n) is 5.12. The number of rotatable bonds is 16. The lowest BCUT2D eigenvalue weighted by atomic mass is 9.84. The van der Waals surface area contributed by atoms with Gasteiger partial charge < -0.3 is 9.47 Å². The molecule has 336 valence electrons. The number of hydrogen-bond donors (Lipinski definition) is 0. The minimum Gasteiger partial charge on any atom is -0.427 e. The van der Waals surface area contributed by atoms with Crippen LogP contribution in [0.2, 0.25) is 0 Å². The first-order valence-electron chi connectivity index (χ1n) is 15.3. The Kier molecular flexibility index (Phi) is 13.6. The molecule has 0 saturated heterocycles. The van der Waals surface area contributed by atoms with Gasteiger partial charge >= 0.3 is 83.4 Å². The first-order valence-corrected chi connectivity index (χ1v) is 15.3. The standard InChI is InChI=1S/C28H21F24NO5/c29-16(30)19(33,34)21(37,38)23(41,42)25(45,46)27(49,50)28(51,52)26(47,48)24(43,44)22(39,40)20(35,36)18(31,32)11-57-17(54)58-15-10-13(8-9-14(15)53(55)56)12-6-4-2-1-3-5-7-12/h8-10,12,16H,1-7,11H2. The van der Waals surface area contributed by atoms with Gasteiger partial charge in [-0.25, -0.2) is 13.6 Å². The summed E-state index contributed by atoms with van der Waals surface area (Å²) in [5, 5.41) is 11.3. The molecule has 30 heteroatoms. The van der Waals surface area contributed by atoms with Gasteiger partial charge in [-0.05, 0) is 30.4 Å². The largest absolute Gasteiger partial charge is 0.514 e. The van der Waals surface area contributed by atoms with Crippen molar-refractivity contribution < 1.29 is 125 Å². The van der Waals surface area contributed by atoms with Gasteiger partial charge in [-0.1, -0.05) is 38.2 Å². The van der Waals surface area contributed by atoms with E-state index in [1.54, 1.807) is 0 Å². The van der Waals surface area contributed by atoms with E-state index in [2.05, 4.69) is 9.47 Å². The fraction of sp³-hybridized carbons (Fsp3) is 0.750. The van der Waals surface area contributed by atoms with E-state index in [1.807, 2.05) is 0 Å². The van der Waals surface area contributed by atoms with E-state index in [-0.39, 0.29) is 5.56 Å². The number of benzene rings is 1. The molecule has 1 aliphatic rings. The lowest BCUT2D eigenvalue weighted by molar-refractivity contribution is -0.476. The maximum atomic E-state index is 14.3. The Morgan fingerprint density at radius 1 is 0.603 bits per heavy atom. The molecule has 0 radical (unpaired) electrons. The summed E-state index contributed by atoms with van der Waals surface area (Å²) in [7, 11) is 0. The summed E-state index contributed by atoms with van der Waals surface area (Å²) in [6, 6.07) is 2.50. The van der Waals surface area contributed by atoms with Crippen LogP contribution in [-0.4, -0.2) is 89.3 Å². The molecule has 1 aromatic carbocycles. The van der Waals surface area contributed by atoms with E-state index >= 15 is 0 Å². The molecular formula is C28H21F24NO5. The second kappa shape index (κ2) is 15.7. The molecule has 0 heterocycles. The normalized spacial score (nSPS) is 17.2. The Labute approximate surface area is 305 Å². The quantitative estimate of drug-likeness (QED) is 0.0543. The smallest absolute Gasteiger partial charge is 0.427 e. The number of halogens is 24. The predicted octanol–water partition coefficient (Wildman–Crippen LogP) is 12.2. The van der Waals surface area contributed by atoms with Crippen molar-refractivity contribution in [3.05, 3.63) is 33.9 Å². The number of alkyl halides is 24. The third-order valence-corrected chi connectivity index (χ3v) is 8.63. The van der Waals surface area contributed by atoms with Gasteiger partial charge in [-0.15, -0.1) is 0 Å². The highest BCUT2D eigenvalue weighted by atomic mass is 19.4.